The van der Waals surface area contributed by atoms with Crippen LogP contribution in [-0.4, -0.2) is 171 Å². The molecule has 2 aromatic heterocycles. The molecule has 3 aromatic rings. The van der Waals surface area contributed by atoms with E-state index in [0.29, 0.717) is 75.5 Å². The molecule has 0 spiro atoms. The molecule has 405 valence electrons. The number of amides is 8. The molecule has 0 saturated carbocycles. The summed E-state index contributed by atoms with van der Waals surface area (Å²) in [5.41, 5.74) is 12.2. The molecule has 6 rings (SSSR count). The predicted octanol–water partition coefficient (Wildman–Crippen LogP) is -1.19. The SMILES string of the molecule is CC.CC(OCNC(=O)CNC(=O)C([CH2][Pb])NC(=O)CNC(=O)CNC(=O)CN1C(=O)C=CC1=O)C(N)=O.CCC(C=O)c1cc2n(c(=O)c1COC)Cc1c-2nc2cc(F)c(C)c3c2c1CCC3.CNCC(=O)O. The minimum Gasteiger partial charge on any atom is -0.480 e. The first-order chi connectivity index (χ1) is 35.7. The Balaban J connectivity index is 0.000000347. The first-order valence-corrected chi connectivity index (χ1v) is 26.6. The molecular formula is C49H64FN10O14Pb. The summed E-state index contributed by atoms with van der Waals surface area (Å²) in [4.78, 5) is 134. The number of nitrogens with one attached hydrogen (secondary N) is 6. The molecule has 75 heavy (non-hydrogen) atoms. The van der Waals surface area contributed by atoms with E-state index in [9.17, 15) is 57.1 Å². The molecule has 1 aromatic carbocycles. The van der Waals surface area contributed by atoms with Crippen LogP contribution in [0.4, 0.5) is 4.39 Å². The number of nitrogens with zero attached hydrogens (tertiary/aromatic N) is 3. The van der Waals surface area contributed by atoms with E-state index in [1.54, 1.807) is 18.7 Å². The number of rotatable bonds is 22. The van der Waals surface area contributed by atoms with Crippen LogP contribution >= 0.6 is 0 Å². The smallest absolute Gasteiger partial charge is 0.480 e. The second kappa shape index (κ2) is 30.5. The number of imide groups is 1. The minimum atomic E-state index is -0.927. The number of aldehydes is 1. The Labute approximate surface area is 447 Å². The standard InChI is InChI=1S/C25H25FN2O3.C19H26N7O9.C3H7NO2.C2H6.Pb/c1-4-14(11-29)17-8-22-24-18(10-28(22)25(30)19(17)12-31-3)16-7-5-6-15-13(2)20(26)9-21(27-24)23(15)16;1-10(19(34)23-6-13(28)24-9-35-11(2)18(20)33)25-14(29)7-21-12(27)5-22-15(30)8-26-16(31)3-4-17(26)32;1-4-2-3(5)6;1-2;/h8-9,11,14H,4-7,10,12H2,1-3H3;3-4,10-11H,1,5-9H2,2H3,(H2,20,33)(H,21,27)(H,22,30)(H,23,34)(H,24,28)(H,25,29);4H,2H2,1H3,(H,5,6);1-2H3;. The number of aromatic nitrogens is 2. The van der Waals surface area contributed by atoms with E-state index >= 15 is 0 Å². The van der Waals surface area contributed by atoms with Crippen molar-refractivity contribution in [2.24, 2.45) is 5.73 Å². The van der Waals surface area contributed by atoms with Crippen molar-refractivity contribution in [2.75, 3.05) is 53.6 Å². The fraction of sp³-hybridized carbons (Fsp3) is 0.469. The number of benzene rings is 1. The minimum absolute atomic E-state index is 0.0417. The topological polar surface area (TPSA) is 346 Å². The number of carboxylic acids is 1. The molecule has 24 nitrogen and oxygen atoms in total. The van der Waals surface area contributed by atoms with Crippen LogP contribution in [0.15, 0.2) is 29.1 Å². The van der Waals surface area contributed by atoms with Crippen LogP contribution < -0.4 is 43.2 Å². The van der Waals surface area contributed by atoms with Crippen LogP contribution in [0, 0.1) is 12.7 Å². The zero-order valence-electron chi connectivity index (χ0n) is 42.9. The van der Waals surface area contributed by atoms with E-state index in [1.165, 1.54) is 18.6 Å². The zero-order chi connectivity index (χ0) is 56.1. The number of carbonyl (C=O) groups excluding carboxylic acids is 9. The maximum absolute atomic E-state index is 14.6. The molecule has 3 aliphatic rings. The van der Waals surface area contributed by atoms with Gasteiger partial charge in [0.15, 0.2) is 0 Å². The summed E-state index contributed by atoms with van der Waals surface area (Å²) in [6.45, 7) is 7.60. The number of fused-ring (bicyclic) bond motifs is 4. The van der Waals surface area contributed by atoms with Crippen LogP contribution in [-0.2, 0) is 83.4 Å². The van der Waals surface area contributed by atoms with Crippen molar-refractivity contribution in [3.63, 3.8) is 0 Å². The van der Waals surface area contributed by atoms with Crippen molar-refractivity contribution in [1.82, 2.24) is 46.4 Å². The summed E-state index contributed by atoms with van der Waals surface area (Å²) in [5.74, 6) is -6.76. The van der Waals surface area contributed by atoms with E-state index in [0.717, 1.165) is 59.9 Å². The number of ether oxygens (including phenoxy) is 2. The molecular weight excluding hydrogens is 1180 g/mol. The number of pyridine rings is 2. The average Bonchev–Trinajstić information content (AvgIpc) is 3.92. The molecule has 26 heteroatoms. The van der Waals surface area contributed by atoms with E-state index < -0.39 is 91.6 Å². The fourth-order valence-corrected chi connectivity index (χ4v) is 8.95. The molecule has 3 atom stereocenters. The van der Waals surface area contributed by atoms with E-state index in [2.05, 4.69) is 31.9 Å². The normalized spacial score (nSPS) is 13.7. The Morgan fingerprint density at radius 2 is 1.52 bits per heavy atom. The van der Waals surface area contributed by atoms with Gasteiger partial charge in [-0.2, -0.15) is 0 Å². The Kier molecular flexibility index (Phi) is 25.4. The van der Waals surface area contributed by atoms with Gasteiger partial charge in [0.05, 0.1) is 36.6 Å². The van der Waals surface area contributed by atoms with Gasteiger partial charge in [-0.15, -0.1) is 0 Å². The molecule has 9 N–H and O–H groups in total. The quantitative estimate of drug-likeness (QED) is 0.0199. The molecule has 0 bridgehead atoms. The number of hydrogen-bond acceptors (Lipinski definition) is 15. The number of carboxylic acid groups (broad SMARTS) is 1. The number of aliphatic carboxylic acids is 1. The Bertz CT molecular complexity index is 2730. The third-order valence-electron chi connectivity index (χ3n) is 11.7. The van der Waals surface area contributed by atoms with Gasteiger partial charge in [0.1, 0.15) is 12.1 Å². The van der Waals surface area contributed by atoms with Gasteiger partial charge in [-0.05, 0) is 68.0 Å². The monoisotopic (exact) mass is 1240 g/mol. The molecule has 0 fully saturated rings. The second-order valence-electron chi connectivity index (χ2n) is 16.6. The number of aryl methyl sites for hydroxylation is 2. The Hall–Kier alpha value is -6.85. The second-order valence-corrected chi connectivity index (χ2v) is 18.2. The van der Waals surface area contributed by atoms with Gasteiger partial charge in [-0.3, -0.25) is 19.2 Å². The number of hydrogen-bond donors (Lipinski definition) is 8. The third kappa shape index (κ3) is 17.1. The third-order valence-corrected chi connectivity index (χ3v) is 13.2. The van der Waals surface area contributed by atoms with Gasteiger partial charge in [-0.1, -0.05) is 20.8 Å². The van der Waals surface area contributed by atoms with E-state index in [-0.39, 0.29) is 37.2 Å². The van der Waals surface area contributed by atoms with Crippen LogP contribution in [0.25, 0.3) is 22.3 Å². The summed E-state index contributed by atoms with van der Waals surface area (Å²) in [7, 11) is 3.14. The summed E-state index contributed by atoms with van der Waals surface area (Å²) in [6.07, 6.45) is 5.33. The van der Waals surface area contributed by atoms with Crippen molar-refractivity contribution in [3.05, 3.63) is 73.8 Å². The summed E-state index contributed by atoms with van der Waals surface area (Å²) < 4.78 is 26.9. The van der Waals surface area contributed by atoms with Gasteiger partial charge in [-0.25, -0.2) is 9.37 Å². The number of carbonyl (C=O) groups is 10. The summed E-state index contributed by atoms with van der Waals surface area (Å²) >= 11 is 0.545. The van der Waals surface area contributed by atoms with Crippen LogP contribution in [0.1, 0.15) is 79.8 Å². The van der Waals surface area contributed by atoms with Crippen LogP contribution in [0.2, 0.25) is 3.98 Å². The Morgan fingerprint density at radius 3 is 2.09 bits per heavy atom. The van der Waals surface area contributed by atoms with Crippen molar-refractivity contribution >= 4 is 96.2 Å². The molecule has 1 aliphatic carbocycles. The number of nitrogens with two attached hydrogens (primary N) is 1. The van der Waals surface area contributed by atoms with Crippen molar-refractivity contribution in [3.8, 4) is 11.4 Å². The number of primary amides is 1. The molecule has 0 saturated heterocycles. The number of methoxy groups -OCH3 is 1. The fourth-order valence-electron chi connectivity index (χ4n) is 7.83. The van der Waals surface area contributed by atoms with Crippen molar-refractivity contribution in [2.45, 2.75) is 95.5 Å². The van der Waals surface area contributed by atoms with Crippen LogP contribution in [0.5, 0.6) is 0 Å². The van der Waals surface area contributed by atoms with Gasteiger partial charge >= 0.3 is 194 Å². The van der Waals surface area contributed by atoms with Gasteiger partial charge in [0.2, 0.25) is 0 Å². The first-order valence-electron chi connectivity index (χ1n) is 23.9. The molecule has 3 unspecified atom stereocenters. The maximum atomic E-state index is 14.6. The molecule has 2 aliphatic heterocycles. The summed E-state index contributed by atoms with van der Waals surface area (Å²) in [5, 5.41) is 22.9. The zero-order valence-corrected chi connectivity index (χ0v) is 46.8. The van der Waals surface area contributed by atoms with Crippen LogP contribution in [0.3, 0.4) is 0 Å². The predicted molar refractivity (Wildman–Crippen MR) is 270 cm³/mol. The molecule has 4 heterocycles. The van der Waals surface area contributed by atoms with E-state index in [4.69, 9.17) is 25.3 Å². The van der Waals surface area contributed by atoms with Gasteiger partial charge in [0.25, 0.3) is 17.4 Å². The van der Waals surface area contributed by atoms with Gasteiger partial charge < -0.3 is 24.5 Å². The number of halogens is 1. The van der Waals surface area contributed by atoms with Gasteiger partial charge in [0, 0.05) is 47.8 Å². The number of likely N-dealkylation sites (N-methyl/N-ethyl adjacent to an activating group) is 1. The molecule has 3 radical (unpaired) electrons. The average molecular weight is 1240 g/mol. The van der Waals surface area contributed by atoms with Crippen molar-refractivity contribution < 1.29 is 66.9 Å². The molecule has 8 amide bonds. The van der Waals surface area contributed by atoms with E-state index in [1.807, 2.05) is 33.8 Å². The Morgan fingerprint density at radius 1 is 0.907 bits per heavy atom. The van der Waals surface area contributed by atoms with Crippen molar-refractivity contribution in [1.29, 1.82) is 0 Å². The summed E-state index contributed by atoms with van der Waals surface area (Å²) in [6, 6.07) is 2.51. The first kappa shape index (κ1) is 62.4.